The molecule has 0 bridgehead atoms. The van der Waals surface area contributed by atoms with Gasteiger partial charge < -0.3 is 5.11 Å². The standard InChI is InChI=1S/C26H27N3O/c27-19-25(22-9-5-2-6-10-22)13-15-26(30,16-14-25)24-17-23(21-7-3-1-4-8-21)28-29(24)18-20-11-12-20/h1-10,17,20,30H,11-16,18H2. The van der Waals surface area contributed by atoms with Crippen LogP contribution in [0.1, 0.15) is 49.8 Å². The van der Waals surface area contributed by atoms with E-state index >= 15 is 0 Å². The molecule has 2 fully saturated rings. The molecule has 3 aromatic rings. The predicted molar refractivity (Wildman–Crippen MR) is 116 cm³/mol. The summed E-state index contributed by atoms with van der Waals surface area (Å²) in [4.78, 5) is 0. The molecule has 0 unspecified atom stereocenters. The highest BCUT2D eigenvalue weighted by atomic mass is 16.3. The predicted octanol–water partition coefficient (Wildman–Crippen LogP) is 5.18. The van der Waals surface area contributed by atoms with Crippen LogP contribution >= 0.6 is 0 Å². The van der Waals surface area contributed by atoms with Crippen molar-refractivity contribution in [1.29, 1.82) is 5.26 Å². The van der Waals surface area contributed by atoms with Gasteiger partial charge >= 0.3 is 0 Å². The Morgan fingerprint density at radius 3 is 2.20 bits per heavy atom. The van der Waals surface area contributed by atoms with Gasteiger partial charge in [0.2, 0.25) is 0 Å². The molecule has 1 aromatic heterocycles. The van der Waals surface area contributed by atoms with Gasteiger partial charge in [-0.05, 0) is 56.1 Å². The molecule has 4 nitrogen and oxygen atoms in total. The molecule has 4 heteroatoms. The minimum Gasteiger partial charge on any atom is -0.384 e. The summed E-state index contributed by atoms with van der Waals surface area (Å²) in [7, 11) is 0. The molecule has 30 heavy (non-hydrogen) atoms. The fraction of sp³-hybridized carbons (Fsp3) is 0.385. The molecule has 2 saturated carbocycles. The Hall–Kier alpha value is -2.90. The topological polar surface area (TPSA) is 61.8 Å². The number of aromatic nitrogens is 2. The molecule has 0 aliphatic heterocycles. The number of rotatable bonds is 5. The van der Waals surface area contributed by atoms with Crippen molar-refractivity contribution >= 4 is 0 Å². The number of benzene rings is 2. The zero-order chi connectivity index (χ0) is 20.6. The number of aliphatic hydroxyl groups is 1. The molecule has 0 spiro atoms. The summed E-state index contributed by atoms with van der Waals surface area (Å²) in [6.45, 7) is 0.868. The average Bonchev–Trinajstić information content (AvgIpc) is 3.51. The van der Waals surface area contributed by atoms with Crippen molar-refractivity contribution in [3.05, 3.63) is 78.0 Å². The molecular formula is C26H27N3O. The number of hydrogen-bond acceptors (Lipinski definition) is 3. The Labute approximate surface area is 177 Å². The van der Waals surface area contributed by atoms with Gasteiger partial charge in [-0.2, -0.15) is 10.4 Å². The molecule has 0 saturated heterocycles. The summed E-state index contributed by atoms with van der Waals surface area (Å²) in [6.07, 6.45) is 4.92. The lowest BCUT2D eigenvalue weighted by atomic mass is 9.65. The zero-order valence-electron chi connectivity index (χ0n) is 17.2. The number of hydrogen-bond donors (Lipinski definition) is 1. The Morgan fingerprint density at radius 2 is 1.60 bits per heavy atom. The summed E-state index contributed by atoms with van der Waals surface area (Å²) in [6, 6.07) is 24.9. The van der Waals surface area contributed by atoms with E-state index in [1.807, 2.05) is 53.2 Å². The van der Waals surface area contributed by atoms with Crippen LogP contribution in [0.4, 0.5) is 0 Å². The number of nitrogens with zero attached hydrogens (tertiary/aromatic N) is 3. The second kappa shape index (κ2) is 7.41. The minimum absolute atomic E-state index is 0.517. The Bertz CT molecular complexity index is 1050. The maximum atomic E-state index is 11.7. The van der Waals surface area contributed by atoms with E-state index in [1.54, 1.807) is 0 Å². The summed E-state index contributed by atoms with van der Waals surface area (Å²) in [5, 5.41) is 26.6. The van der Waals surface area contributed by atoms with Crippen LogP contribution < -0.4 is 0 Å². The minimum atomic E-state index is -0.940. The highest BCUT2D eigenvalue weighted by Gasteiger charge is 2.45. The first-order chi connectivity index (χ1) is 14.6. The van der Waals surface area contributed by atoms with Crippen LogP contribution in [0.5, 0.6) is 0 Å². The third-order valence-electron chi connectivity index (χ3n) is 6.93. The van der Waals surface area contributed by atoms with E-state index < -0.39 is 11.0 Å². The Morgan fingerprint density at radius 1 is 0.967 bits per heavy atom. The smallest absolute Gasteiger partial charge is 0.106 e. The maximum absolute atomic E-state index is 11.7. The normalized spacial score (nSPS) is 26.3. The van der Waals surface area contributed by atoms with Gasteiger partial charge in [-0.15, -0.1) is 0 Å². The molecule has 2 aliphatic rings. The maximum Gasteiger partial charge on any atom is 0.106 e. The van der Waals surface area contributed by atoms with Crippen molar-refractivity contribution in [3.63, 3.8) is 0 Å². The molecule has 152 valence electrons. The average molecular weight is 398 g/mol. The van der Waals surface area contributed by atoms with Gasteiger partial charge in [-0.25, -0.2) is 0 Å². The molecule has 1 heterocycles. The Kier molecular flexibility index (Phi) is 4.72. The number of nitriles is 1. The van der Waals surface area contributed by atoms with Crippen molar-refractivity contribution < 1.29 is 5.11 Å². The molecular weight excluding hydrogens is 370 g/mol. The van der Waals surface area contributed by atoms with Crippen LogP contribution in [0.2, 0.25) is 0 Å². The summed E-state index contributed by atoms with van der Waals surface area (Å²) < 4.78 is 2.04. The van der Waals surface area contributed by atoms with Crippen molar-refractivity contribution in [1.82, 2.24) is 9.78 Å². The van der Waals surface area contributed by atoms with Crippen LogP contribution in [0.3, 0.4) is 0 Å². The molecule has 2 aromatic carbocycles. The quantitative estimate of drug-likeness (QED) is 0.645. The SMILES string of the molecule is N#CC1(c2ccccc2)CCC(O)(c2cc(-c3ccccc3)nn2CC2CC2)CC1. The first kappa shape index (κ1) is 19.1. The molecule has 5 rings (SSSR count). The van der Waals surface area contributed by atoms with Crippen molar-refractivity contribution in [2.75, 3.05) is 0 Å². The first-order valence-corrected chi connectivity index (χ1v) is 10.9. The second-order valence-electron chi connectivity index (χ2n) is 9.00. The van der Waals surface area contributed by atoms with E-state index in [0.717, 1.165) is 29.1 Å². The van der Waals surface area contributed by atoms with Gasteiger partial charge in [0, 0.05) is 12.1 Å². The lowest BCUT2D eigenvalue weighted by molar-refractivity contribution is -0.0215. The summed E-state index contributed by atoms with van der Waals surface area (Å²) in [5.41, 5.74) is 2.50. The van der Waals surface area contributed by atoms with E-state index in [0.29, 0.717) is 31.6 Å². The van der Waals surface area contributed by atoms with Gasteiger partial charge in [0.25, 0.3) is 0 Å². The largest absolute Gasteiger partial charge is 0.384 e. The third-order valence-corrected chi connectivity index (χ3v) is 6.93. The first-order valence-electron chi connectivity index (χ1n) is 10.9. The van der Waals surface area contributed by atoms with Crippen LogP contribution in [-0.2, 0) is 17.6 Å². The highest BCUT2D eigenvalue weighted by Crippen LogP contribution is 2.47. The van der Waals surface area contributed by atoms with Gasteiger partial charge in [0.05, 0.1) is 22.9 Å². The van der Waals surface area contributed by atoms with Crippen molar-refractivity contribution in [2.24, 2.45) is 5.92 Å². The van der Waals surface area contributed by atoms with Crippen LogP contribution in [-0.4, -0.2) is 14.9 Å². The molecule has 0 atom stereocenters. The van der Waals surface area contributed by atoms with Gasteiger partial charge in [-0.1, -0.05) is 60.7 Å². The van der Waals surface area contributed by atoms with E-state index in [-0.39, 0.29) is 0 Å². The monoisotopic (exact) mass is 397 g/mol. The van der Waals surface area contributed by atoms with Gasteiger partial charge in [0.1, 0.15) is 5.60 Å². The Balaban J connectivity index is 1.46. The van der Waals surface area contributed by atoms with Crippen LogP contribution in [0, 0.1) is 17.2 Å². The van der Waals surface area contributed by atoms with E-state index in [2.05, 4.69) is 24.3 Å². The third kappa shape index (κ3) is 3.44. The molecule has 2 aliphatic carbocycles. The van der Waals surface area contributed by atoms with Crippen molar-refractivity contribution in [2.45, 2.75) is 56.1 Å². The fourth-order valence-electron chi connectivity index (χ4n) is 4.79. The van der Waals surface area contributed by atoms with Crippen LogP contribution in [0.25, 0.3) is 11.3 Å². The van der Waals surface area contributed by atoms with Gasteiger partial charge in [-0.3, -0.25) is 4.68 Å². The second-order valence-corrected chi connectivity index (χ2v) is 9.00. The summed E-state index contributed by atoms with van der Waals surface area (Å²) >= 11 is 0. The van der Waals surface area contributed by atoms with Crippen molar-refractivity contribution in [3.8, 4) is 17.3 Å². The molecule has 0 amide bonds. The van der Waals surface area contributed by atoms with Gasteiger partial charge in [0.15, 0.2) is 0 Å². The molecule has 0 radical (unpaired) electrons. The van der Waals surface area contributed by atoms with E-state index in [4.69, 9.17) is 5.10 Å². The highest BCUT2D eigenvalue weighted by molar-refractivity contribution is 5.59. The lowest BCUT2D eigenvalue weighted by Gasteiger charge is -2.40. The van der Waals surface area contributed by atoms with E-state index in [9.17, 15) is 10.4 Å². The van der Waals surface area contributed by atoms with Crippen LogP contribution in [0.15, 0.2) is 66.7 Å². The van der Waals surface area contributed by atoms with E-state index in [1.165, 1.54) is 12.8 Å². The zero-order valence-corrected chi connectivity index (χ0v) is 17.2. The lowest BCUT2D eigenvalue weighted by Crippen LogP contribution is -2.40. The molecule has 1 N–H and O–H groups in total. The summed E-state index contributed by atoms with van der Waals surface area (Å²) in [5.74, 6) is 0.669. The fourth-order valence-corrected chi connectivity index (χ4v) is 4.79.